The molecule has 5 nitrogen and oxygen atoms in total. The largest absolute Gasteiger partial charge is 0.462 e. The minimum Gasteiger partial charge on any atom is -0.462 e. The van der Waals surface area contributed by atoms with Crippen LogP contribution in [0.5, 0.6) is 0 Å². The van der Waals surface area contributed by atoms with Gasteiger partial charge in [-0.2, -0.15) is 0 Å². The minimum atomic E-state index is -0.294. The van der Waals surface area contributed by atoms with Crippen LogP contribution in [-0.4, -0.2) is 22.5 Å². The van der Waals surface area contributed by atoms with E-state index >= 15 is 0 Å². The zero-order valence-electron chi connectivity index (χ0n) is 10.7. The lowest BCUT2D eigenvalue weighted by atomic mass is 10.1. The number of ether oxygens (including phenoxy) is 1. The third-order valence-electron chi connectivity index (χ3n) is 2.52. The molecule has 0 aliphatic carbocycles. The van der Waals surface area contributed by atoms with Crippen molar-refractivity contribution in [3.8, 4) is 0 Å². The van der Waals surface area contributed by atoms with E-state index in [0.29, 0.717) is 18.7 Å². The number of carbonyl (C=O) groups excluding carboxylic acids is 1. The summed E-state index contributed by atoms with van der Waals surface area (Å²) in [5.41, 5.74) is 1.62. The summed E-state index contributed by atoms with van der Waals surface area (Å²) in [6.07, 6.45) is 3.17. The Hall–Kier alpha value is -2.43. The molecule has 0 aliphatic rings. The first kappa shape index (κ1) is 13.0. The Morgan fingerprint density at radius 3 is 2.68 bits per heavy atom. The Kier molecular flexibility index (Phi) is 4.44. The van der Waals surface area contributed by atoms with Crippen LogP contribution in [0.25, 0.3) is 0 Å². The molecule has 0 fully saturated rings. The molecule has 0 amide bonds. The number of carbonyl (C=O) groups is 1. The molecule has 0 bridgehead atoms. The number of nitrogens with zero attached hydrogens (tertiary/aromatic N) is 2. The van der Waals surface area contributed by atoms with Crippen molar-refractivity contribution in [1.29, 1.82) is 0 Å². The van der Waals surface area contributed by atoms with E-state index in [9.17, 15) is 4.79 Å². The van der Waals surface area contributed by atoms with Gasteiger partial charge in [-0.15, -0.1) is 0 Å². The van der Waals surface area contributed by atoms with Crippen LogP contribution in [0.2, 0.25) is 0 Å². The molecule has 0 unspecified atom stereocenters. The normalized spacial score (nSPS) is 9.95. The van der Waals surface area contributed by atoms with E-state index in [1.54, 1.807) is 31.3 Å². The Balaban J connectivity index is 1.94. The van der Waals surface area contributed by atoms with Crippen molar-refractivity contribution in [2.75, 3.05) is 11.9 Å². The average Bonchev–Trinajstić information content (AvgIpc) is 2.47. The van der Waals surface area contributed by atoms with E-state index in [2.05, 4.69) is 15.3 Å². The standard InChI is InChI=1S/C14H15N3O2/c1-2-19-14(18)12-5-3-11(4-6-12)9-16-13-7-8-15-10-17-13/h3-8,10H,2,9H2,1H3,(H,15,16,17). The number of hydrogen-bond acceptors (Lipinski definition) is 5. The number of hydrogen-bond donors (Lipinski definition) is 1. The molecule has 1 N–H and O–H groups in total. The number of benzene rings is 1. The molecule has 98 valence electrons. The van der Waals surface area contributed by atoms with Crippen molar-refractivity contribution in [3.05, 3.63) is 54.0 Å². The summed E-state index contributed by atoms with van der Waals surface area (Å²) in [6, 6.07) is 9.10. The lowest BCUT2D eigenvalue weighted by Gasteiger charge is -2.06. The number of esters is 1. The van der Waals surface area contributed by atoms with Gasteiger partial charge in [-0.05, 0) is 30.7 Å². The second-order valence-corrected chi connectivity index (χ2v) is 3.87. The van der Waals surface area contributed by atoms with Gasteiger partial charge < -0.3 is 10.1 Å². The van der Waals surface area contributed by atoms with Crippen LogP contribution in [-0.2, 0) is 11.3 Å². The molecule has 1 heterocycles. The zero-order chi connectivity index (χ0) is 13.5. The van der Waals surface area contributed by atoms with Crippen LogP contribution in [0.15, 0.2) is 42.9 Å². The van der Waals surface area contributed by atoms with Crippen LogP contribution in [0.4, 0.5) is 5.82 Å². The molecular formula is C14H15N3O2. The quantitative estimate of drug-likeness (QED) is 0.832. The molecule has 0 spiro atoms. The summed E-state index contributed by atoms with van der Waals surface area (Å²) in [4.78, 5) is 19.4. The summed E-state index contributed by atoms with van der Waals surface area (Å²) in [5, 5.41) is 3.17. The molecule has 0 atom stereocenters. The lowest BCUT2D eigenvalue weighted by Crippen LogP contribution is -2.05. The Bertz CT molecular complexity index is 526. The number of anilines is 1. The number of aromatic nitrogens is 2. The molecule has 0 saturated carbocycles. The second kappa shape index (κ2) is 6.49. The molecule has 2 aromatic rings. The zero-order valence-corrected chi connectivity index (χ0v) is 10.7. The number of nitrogens with one attached hydrogen (secondary N) is 1. The highest BCUT2D eigenvalue weighted by atomic mass is 16.5. The fourth-order valence-corrected chi connectivity index (χ4v) is 1.56. The molecule has 19 heavy (non-hydrogen) atoms. The van der Waals surface area contributed by atoms with Gasteiger partial charge in [0, 0.05) is 12.7 Å². The van der Waals surface area contributed by atoms with Crippen molar-refractivity contribution in [1.82, 2.24) is 9.97 Å². The van der Waals surface area contributed by atoms with Crippen molar-refractivity contribution in [2.24, 2.45) is 0 Å². The van der Waals surface area contributed by atoms with Gasteiger partial charge in [-0.1, -0.05) is 12.1 Å². The van der Waals surface area contributed by atoms with Crippen LogP contribution in [0.1, 0.15) is 22.8 Å². The minimum absolute atomic E-state index is 0.294. The van der Waals surface area contributed by atoms with Crippen molar-refractivity contribution in [3.63, 3.8) is 0 Å². The molecule has 1 aromatic heterocycles. The third-order valence-corrected chi connectivity index (χ3v) is 2.52. The summed E-state index contributed by atoms with van der Waals surface area (Å²) in [7, 11) is 0. The monoisotopic (exact) mass is 257 g/mol. The van der Waals surface area contributed by atoms with E-state index < -0.39 is 0 Å². The smallest absolute Gasteiger partial charge is 0.338 e. The van der Waals surface area contributed by atoms with Gasteiger partial charge in [0.25, 0.3) is 0 Å². The molecule has 1 aromatic carbocycles. The summed E-state index contributed by atoms with van der Waals surface area (Å²) >= 11 is 0. The molecule has 0 radical (unpaired) electrons. The fraction of sp³-hybridized carbons (Fsp3) is 0.214. The van der Waals surface area contributed by atoms with Crippen molar-refractivity contribution >= 4 is 11.8 Å². The molecular weight excluding hydrogens is 242 g/mol. The van der Waals surface area contributed by atoms with Gasteiger partial charge in [0.1, 0.15) is 12.1 Å². The SMILES string of the molecule is CCOC(=O)c1ccc(CNc2ccncn2)cc1. The topological polar surface area (TPSA) is 64.1 Å². The molecule has 0 aliphatic heterocycles. The van der Waals surface area contributed by atoms with E-state index in [1.807, 2.05) is 12.1 Å². The predicted molar refractivity (Wildman–Crippen MR) is 71.8 cm³/mol. The highest BCUT2D eigenvalue weighted by molar-refractivity contribution is 5.89. The number of rotatable bonds is 5. The predicted octanol–water partition coefficient (Wildman–Crippen LogP) is 2.27. The highest BCUT2D eigenvalue weighted by Crippen LogP contribution is 2.08. The van der Waals surface area contributed by atoms with Gasteiger partial charge in [-0.3, -0.25) is 0 Å². The van der Waals surface area contributed by atoms with E-state index in [4.69, 9.17) is 4.74 Å². The van der Waals surface area contributed by atoms with Gasteiger partial charge in [0.2, 0.25) is 0 Å². The van der Waals surface area contributed by atoms with Gasteiger partial charge in [0.15, 0.2) is 0 Å². The summed E-state index contributed by atoms with van der Waals surface area (Å²) < 4.78 is 4.93. The van der Waals surface area contributed by atoms with E-state index in [1.165, 1.54) is 6.33 Å². The Labute approximate surface area is 111 Å². The van der Waals surface area contributed by atoms with Crippen LogP contribution < -0.4 is 5.32 Å². The highest BCUT2D eigenvalue weighted by Gasteiger charge is 2.05. The van der Waals surface area contributed by atoms with Crippen LogP contribution >= 0.6 is 0 Å². The first-order valence-corrected chi connectivity index (χ1v) is 6.05. The fourth-order valence-electron chi connectivity index (χ4n) is 1.56. The van der Waals surface area contributed by atoms with E-state index in [-0.39, 0.29) is 5.97 Å². The van der Waals surface area contributed by atoms with E-state index in [0.717, 1.165) is 11.4 Å². The average molecular weight is 257 g/mol. The first-order chi connectivity index (χ1) is 9.29. The maximum Gasteiger partial charge on any atom is 0.338 e. The van der Waals surface area contributed by atoms with Gasteiger partial charge in [0.05, 0.1) is 12.2 Å². The Morgan fingerprint density at radius 1 is 1.26 bits per heavy atom. The van der Waals surface area contributed by atoms with Crippen molar-refractivity contribution < 1.29 is 9.53 Å². The molecule has 5 heteroatoms. The van der Waals surface area contributed by atoms with Crippen molar-refractivity contribution in [2.45, 2.75) is 13.5 Å². The lowest BCUT2D eigenvalue weighted by molar-refractivity contribution is 0.0526. The summed E-state index contributed by atoms with van der Waals surface area (Å²) in [5.74, 6) is 0.474. The summed E-state index contributed by atoms with van der Waals surface area (Å²) in [6.45, 7) is 2.81. The Morgan fingerprint density at radius 2 is 2.05 bits per heavy atom. The van der Waals surface area contributed by atoms with Gasteiger partial charge >= 0.3 is 5.97 Å². The second-order valence-electron chi connectivity index (χ2n) is 3.87. The maximum atomic E-state index is 11.5. The van der Waals surface area contributed by atoms with Crippen LogP contribution in [0.3, 0.4) is 0 Å². The molecule has 2 rings (SSSR count). The maximum absolute atomic E-state index is 11.5. The third kappa shape index (κ3) is 3.77. The van der Waals surface area contributed by atoms with Crippen LogP contribution in [0, 0.1) is 0 Å². The molecule has 0 saturated heterocycles. The first-order valence-electron chi connectivity index (χ1n) is 6.05. The van der Waals surface area contributed by atoms with Gasteiger partial charge in [-0.25, -0.2) is 14.8 Å².